The first-order valence-electron chi connectivity index (χ1n) is 11.9. The Labute approximate surface area is 219 Å². The Bertz CT molecular complexity index is 1240. The number of nitriles is 1. The number of hydrogen-bond donors (Lipinski definition) is 2. The van der Waals surface area contributed by atoms with Gasteiger partial charge in [0.05, 0.1) is 35.0 Å². The number of thiocarbonyl (C=S) groups is 1. The molecule has 9 nitrogen and oxygen atoms in total. The molecule has 0 spiro atoms. The number of morpholine rings is 1. The van der Waals surface area contributed by atoms with Crippen molar-refractivity contribution in [1.82, 2.24) is 5.32 Å². The minimum atomic E-state index is -0.551. The summed E-state index contributed by atoms with van der Waals surface area (Å²) in [6.07, 6.45) is 2.78. The van der Waals surface area contributed by atoms with E-state index >= 15 is 0 Å². The number of amides is 1. The number of nitrogens with one attached hydrogen (secondary N) is 2. The highest BCUT2D eigenvalue weighted by Gasteiger charge is 2.32. The molecule has 36 heavy (non-hydrogen) atoms. The average Bonchev–Trinajstić information content (AvgIpc) is 3.19. The van der Waals surface area contributed by atoms with Crippen molar-refractivity contribution in [2.24, 2.45) is 11.3 Å². The van der Waals surface area contributed by atoms with Gasteiger partial charge in [-0.3, -0.25) is 20.2 Å². The molecule has 1 saturated heterocycles. The van der Waals surface area contributed by atoms with E-state index in [0.29, 0.717) is 48.5 Å². The van der Waals surface area contributed by atoms with Gasteiger partial charge < -0.3 is 15.0 Å². The van der Waals surface area contributed by atoms with Gasteiger partial charge in [-0.2, -0.15) is 5.26 Å². The van der Waals surface area contributed by atoms with Crippen molar-refractivity contribution in [1.29, 1.82) is 5.26 Å². The van der Waals surface area contributed by atoms with E-state index in [1.807, 2.05) is 4.90 Å². The lowest BCUT2D eigenvalue weighted by Gasteiger charge is -2.33. The van der Waals surface area contributed by atoms with Crippen LogP contribution >= 0.6 is 23.6 Å². The van der Waals surface area contributed by atoms with Gasteiger partial charge in [0.25, 0.3) is 11.6 Å². The molecule has 1 amide bonds. The summed E-state index contributed by atoms with van der Waals surface area (Å²) in [5.74, 6) is -0.0208. The minimum Gasteiger partial charge on any atom is -0.378 e. The quantitative estimate of drug-likeness (QED) is 0.335. The highest BCUT2D eigenvalue weighted by atomic mass is 32.1. The number of ether oxygens (including phenoxy) is 1. The molecule has 2 aromatic rings. The number of fused-ring (bicyclic) bond motifs is 1. The van der Waals surface area contributed by atoms with Crippen molar-refractivity contribution in [3.05, 3.63) is 49.9 Å². The number of nitrogens with zero attached hydrogens (tertiary/aromatic N) is 3. The summed E-state index contributed by atoms with van der Waals surface area (Å²) in [4.78, 5) is 27.2. The van der Waals surface area contributed by atoms with E-state index in [-0.39, 0.29) is 21.8 Å². The Hall–Kier alpha value is -3.07. The largest absolute Gasteiger partial charge is 0.378 e. The molecular weight excluding hydrogens is 498 g/mol. The van der Waals surface area contributed by atoms with Crippen molar-refractivity contribution < 1.29 is 14.5 Å². The minimum absolute atomic E-state index is 0.0434. The summed E-state index contributed by atoms with van der Waals surface area (Å²) in [5.41, 5.74) is 2.39. The Morgan fingerprint density at radius 2 is 2.06 bits per heavy atom. The standard InChI is InChI=1S/C25H29N5O4S2/c1-25(2,3)15-4-6-17-19(14-26)23(36-21(17)12-15)28-24(35)27-22(31)18-13-16(30(32)33)5-7-20(18)29-8-10-34-11-9-29/h5,7,13,15H,4,6,8-12H2,1-3H3,(H2,27,28,31,35)/t15-/m1/s1. The van der Waals surface area contributed by atoms with Gasteiger partial charge in [-0.15, -0.1) is 11.3 Å². The molecule has 2 heterocycles. The summed E-state index contributed by atoms with van der Waals surface area (Å²) >= 11 is 6.92. The van der Waals surface area contributed by atoms with E-state index in [2.05, 4.69) is 37.5 Å². The van der Waals surface area contributed by atoms with Gasteiger partial charge in [0.15, 0.2) is 5.11 Å². The van der Waals surface area contributed by atoms with Gasteiger partial charge in [0.1, 0.15) is 11.1 Å². The smallest absolute Gasteiger partial charge is 0.270 e. The molecule has 1 fully saturated rings. The lowest BCUT2D eigenvalue weighted by molar-refractivity contribution is -0.384. The summed E-state index contributed by atoms with van der Waals surface area (Å²) in [6.45, 7) is 8.88. The van der Waals surface area contributed by atoms with Gasteiger partial charge in [0.2, 0.25) is 0 Å². The summed E-state index contributed by atoms with van der Waals surface area (Å²) in [6, 6.07) is 6.54. The number of thiophene rings is 1. The van der Waals surface area contributed by atoms with Gasteiger partial charge in [-0.1, -0.05) is 20.8 Å². The van der Waals surface area contributed by atoms with Crippen molar-refractivity contribution in [3.63, 3.8) is 0 Å². The molecule has 4 rings (SSSR count). The van der Waals surface area contributed by atoms with Crippen LogP contribution in [-0.2, 0) is 17.6 Å². The van der Waals surface area contributed by atoms with Gasteiger partial charge >= 0.3 is 0 Å². The zero-order valence-corrected chi connectivity index (χ0v) is 22.2. The maximum Gasteiger partial charge on any atom is 0.270 e. The number of nitro benzene ring substituents is 1. The van der Waals surface area contributed by atoms with Crippen molar-refractivity contribution >= 4 is 51.0 Å². The first kappa shape index (κ1) is 26.0. The molecular formula is C25H29N5O4S2. The fourth-order valence-electron chi connectivity index (χ4n) is 4.74. The van der Waals surface area contributed by atoms with Crippen LogP contribution in [0.3, 0.4) is 0 Å². The van der Waals surface area contributed by atoms with Gasteiger partial charge in [-0.25, -0.2) is 0 Å². The fraction of sp³-hybridized carbons (Fsp3) is 0.480. The lowest BCUT2D eigenvalue weighted by atomic mass is 9.72. The third-order valence-corrected chi connectivity index (χ3v) is 8.22. The SMILES string of the molecule is CC(C)(C)[C@@H]1CCc2c(sc(NC(=S)NC(=O)c3cc([N+](=O)[O-])ccc3N3CCOCC3)c2C#N)C1. The predicted octanol–water partition coefficient (Wildman–Crippen LogP) is 4.64. The van der Waals surface area contributed by atoms with Crippen molar-refractivity contribution in [3.8, 4) is 6.07 Å². The van der Waals surface area contributed by atoms with Gasteiger partial charge in [0, 0.05) is 30.1 Å². The molecule has 190 valence electrons. The normalized spacial score (nSPS) is 17.6. The fourth-order valence-corrected chi connectivity index (χ4v) is 6.28. The van der Waals surface area contributed by atoms with Crippen molar-refractivity contribution in [2.75, 3.05) is 36.5 Å². The van der Waals surface area contributed by atoms with Crippen LogP contribution in [-0.4, -0.2) is 42.2 Å². The van der Waals surface area contributed by atoms with Crippen LogP contribution < -0.4 is 15.5 Å². The Morgan fingerprint density at radius 1 is 1.33 bits per heavy atom. The number of carbonyl (C=O) groups excluding carboxylic acids is 1. The number of carbonyl (C=O) groups is 1. The van der Waals surface area contributed by atoms with Crippen LogP contribution in [0, 0.1) is 32.8 Å². The summed E-state index contributed by atoms with van der Waals surface area (Å²) < 4.78 is 5.39. The number of rotatable bonds is 4. The zero-order chi connectivity index (χ0) is 26.0. The molecule has 1 aromatic carbocycles. The summed E-state index contributed by atoms with van der Waals surface area (Å²) in [5, 5.41) is 27.5. The molecule has 1 atom stereocenters. The highest BCUT2D eigenvalue weighted by Crippen LogP contribution is 2.44. The molecule has 1 aliphatic heterocycles. The number of anilines is 2. The van der Waals surface area contributed by atoms with E-state index in [4.69, 9.17) is 17.0 Å². The number of non-ortho nitro benzene ring substituents is 1. The molecule has 11 heteroatoms. The predicted molar refractivity (Wildman–Crippen MR) is 144 cm³/mol. The number of hydrogen-bond acceptors (Lipinski definition) is 8. The van der Waals surface area contributed by atoms with Crippen LogP contribution in [0.15, 0.2) is 18.2 Å². The van der Waals surface area contributed by atoms with Crippen LogP contribution in [0.1, 0.15) is 53.6 Å². The monoisotopic (exact) mass is 527 g/mol. The molecule has 0 bridgehead atoms. The van der Waals surface area contributed by atoms with Crippen molar-refractivity contribution in [2.45, 2.75) is 40.0 Å². The topological polar surface area (TPSA) is 121 Å². The zero-order valence-electron chi connectivity index (χ0n) is 20.6. The van der Waals surface area contributed by atoms with Crippen LogP contribution in [0.5, 0.6) is 0 Å². The second-order valence-electron chi connectivity index (χ2n) is 10.1. The Morgan fingerprint density at radius 3 is 2.69 bits per heavy atom. The van der Waals surface area contributed by atoms with Gasteiger partial charge in [-0.05, 0) is 54.4 Å². The first-order chi connectivity index (χ1) is 17.1. The van der Waals surface area contributed by atoms with E-state index in [1.54, 1.807) is 6.07 Å². The second-order valence-corrected chi connectivity index (χ2v) is 11.6. The molecule has 1 aromatic heterocycles. The average molecular weight is 528 g/mol. The Balaban J connectivity index is 1.53. The van der Waals surface area contributed by atoms with E-state index < -0.39 is 10.8 Å². The molecule has 0 radical (unpaired) electrons. The Kier molecular flexibility index (Phi) is 7.59. The maximum absolute atomic E-state index is 13.2. The molecule has 0 unspecified atom stereocenters. The number of benzene rings is 1. The number of nitro groups is 1. The highest BCUT2D eigenvalue weighted by molar-refractivity contribution is 7.80. The molecule has 2 aliphatic rings. The molecule has 1 aliphatic carbocycles. The van der Waals surface area contributed by atoms with E-state index in [0.717, 1.165) is 24.8 Å². The summed E-state index contributed by atoms with van der Waals surface area (Å²) in [7, 11) is 0. The van der Waals surface area contributed by atoms with Crippen LogP contribution in [0.25, 0.3) is 0 Å². The third-order valence-electron chi connectivity index (χ3n) is 6.84. The first-order valence-corrected chi connectivity index (χ1v) is 13.1. The third kappa shape index (κ3) is 5.51. The van der Waals surface area contributed by atoms with Crippen LogP contribution in [0.4, 0.5) is 16.4 Å². The molecule has 2 N–H and O–H groups in total. The lowest BCUT2D eigenvalue weighted by Crippen LogP contribution is -2.39. The van der Waals surface area contributed by atoms with E-state index in [9.17, 15) is 20.2 Å². The molecule has 0 saturated carbocycles. The van der Waals surface area contributed by atoms with Crippen LogP contribution in [0.2, 0.25) is 0 Å². The second kappa shape index (κ2) is 10.5. The van der Waals surface area contributed by atoms with E-state index in [1.165, 1.54) is 28.3 Å². The maximum atomic E-state index is 13.2.